The van der Waals surface area contributed by atoms with Crippen LogP contribution >= 0.6 is 0 Å². The van der Waals surface area contributed by atoms with Crippen LogP contribution in [0, 0.1) is 0 Å². The van der Waals surface area contributed by atoms with Gasteiger partial charge in [-0.2, -0.15) is 0 Å². The Balaban J connectivity index is -0.000000531. The summed E-state index contributed by atoms with van der Waals surface area (Å²) in [7, 11) is 0. The van der Waals surface area contributed by atoms with E-state index in [-0.39, 0.29) is 31.1 Å². The van der Waals surface area contributed by atoms with Gasteiger partial charge in [0.2, 0.25) is 11.8 Å². The van der Waals surface area contributed by atoms with Crippen LogP contribution < -0.4 is 16.4 Å². The molecule has 0 bridgehead atoms. The molecule has 0 aromatic carbocycles. The highest BCUT2D eigenvalue weighted by atomic mass is 16.3. The van der Waals surface area contributed by atoms with Crippen LogP contribution in [0.2, 0.25) is 0 Å². The molecule has 0 aliphatic heterocycles. The van der Waals surface area contributed by atoms with Crippen molar-refractivity contribution in [1.29, 1.82) is 0 Å². The number of nitrogens with one attached hydrogen (secondary N) is 2. The number of amides is 2. The van der Waals surface area contributed by atoms with Crippen molar-refractivity contribution >= 4 is 11.8 Å². The number of rotatable bonds is 10. The second-order valence-electron chi connectivity index (χ2n) is 5.12. The topological polar surface area (TPSA) is 125 Å². The van der Waals surface area contributed by atoms with Crippen molar-refractivity contribution in [3.05, 3.63) is 12.7 Å². The van der Waals surface area contributed by atoms with Gasteiger partial charge in [0.05, 0.1) is 0 Å². The predicted molar refractivity (Wildman–Crippen MR) is 98.5 cm³/mol. The van der Waals surface area contributed by atoms with E-state index >= 15 is 0 Å². The van der Waals surface area contributed by atoms with Gasteiger partial charge in [-0.05, 0) is 39.7 Å². The maximum Gasteiger partial charge on any atom is 0.220 e. The molecule has 1 unspecified atom stereocenters. The minimum absolute atomic E-state index is 0.000301. The Morgan fingerprint density at radius 3 is 1.96 bits per heavy atom. The zero-order valence-electron chi connectivity index (χ0n) is 15.5. The van der Waals surface area contributed by atoms with Crippen molar-refractivity contribution in [2.75, 3.05) is 26.3 Å². The molecule has 7 nitrogen and oxygen atoms in total. The Morgan fingerprint density at radius 1 is 1.17 bits per heavy atom. The highest BCUT2D eigenvalue weighted by Crippen LogP contribution is 1.90. The fourth-order valence-corrected chi connectivity index (χ4v) is 1.23. The summed E-state index contributed by atoms with van der Waals surface area (Å²) >= 11 is 0. The molecule has 0 saturated heterocycles. The largest absolute Gasteiger partial charge is 0.396 e. The van der Waals surface area contributed by atoms with E-state index in [4.69, 9.17) is 15.9 Å². The van der Waals surface area contributed by atoms with Crippen molar-refractivity contribution in [2.45, 2.75) is 58.9 Å². The summed E-state index contributed by atoms with van der Waals surface area (Å²) in [4.78, 5) is 22.5. The molecule has 0 saturated carbocycles. The van der Waals surface area contributed by atoms with Crippen LogP contribution in [0.15, 0.2) is 12.7 Å². The van der Waals surface area contributed by atoms with E-state index in [9.17, 15) is 9.59 Å². The zero-order valence-corrected chi connectivity index (χ0v) is 15.5. The average Bonchev–Trinajstić information content (AvgIpc) is 2.57. The first-order valence-electron chi connectivity index (χ1n) is 8.48. The minimum atomic E-state index is -0.140. The van der Waals surface area contributed by atoms with Crippen molar-refractivity contribution in [2.24, 2.45) is 5.73 Å². The quantitative estimate of drug-likeness (QED) is 0.372. The Bertz CT molecular complexity index is 298. The molecule has 0 heterocycles. The van der Waals surface area contributed by atoms with Crippen molar-refractivity contribution in [3.63, 3.8) is 0 Å². The summed E-state index contributed by atoms with van der Waals surface area (Å²) in [5.74, 6) is -0.258. The van der Waals surface area contributed by atoms with Crippen LogP contribution in [0.25, 0.3) is 0 Å². The van der Waals surface area contributed by atoms with Crippen LogP contribution in [-0.4, -0.2) is 54.4 Å². The Hall–Kier alpha value is -1.44. The van der Waals surface area contributed by atoms with Gasteiger partial charge >= 0.3 is 0 Å². The first-order valence-corrected chi connectivity index (χ1v) is 8.48. The first-order chi connectivity index (χ1) is 11.4. The second kappa shape index (κ2) is 23.8. The van der Waals surface area contributed by atoms with E-state index < -0.39 is 0 Å². The zero-order chi connectivity index (χ0) is 19.2. The van der Waals surface area contributed by atoms with Crippen LogP contribution in [0.4, 0.5) is 0 Å². The van der Waals surface area contributed by atoms with Gasteiger partial charge in [0, 0.05) is 38.6 Å². The van der Waals surface area contributed by atoms with Crippen molar-refractivity contribution in [1.82, 2.24) is 10.6 Å². The Morgan fingerprint density at radius 2 is 1.58 bits per heavy atom. The fourth-order valence-electron chi connectivity index (χ4n) is 1.23. The lowest BCUT2D eigenvalue weighted by Crippen LogP contribution is -2.41. The van der Waals surface area contributed by atoms with Crippen LogP contribution in [-0.2, 0) is 9.59 Å². The molecule has 0 aliphatic carbocycles. The van der Waals surface area contributed by atoms with Gasteiger partial charge in [0.25, 0.3) is 0 Å². The van der Waals surface area contributed by atoms with Gasteiger partial charge in [-0.15, -0.1) is 6.58 Å². The molecule has 0 aromatic heterocycles. The number of hydrogen-bond donors (Lipinski definition) is 5. The summed E-state index contributed by atoms with van der Waals surface area (Å²) in [5, 5.41) is 22.5. The normalized spacial score (nSPS) is 10.2. The van der Waals surface area contributed by atoms with E-state index in [2.05, 4.69) is 24.1 Å². The number of carbonyl (C=O) groups is 2. The maximum atomic E-state index is 11.3. The number of hydrogen-bond acceptors (Lipinski definition) is 5. The van der Waals surface area contributed by atoms with E-state index in [1.165, 1.54) is 0 Å². The third-order valence-corrected chi connectivity index (χ3v) is 2.43. The summed E-state index contributed by atoms with van der Waals surface area (Å²) in [6.07, 6.45) is 4.32. The number of nitrogens with two attached hydrogens (primary N) is 1. The van der Waals surface area contributed by atoms with E-state index in [1.807, 2.05) is 6.92 Å². The van der Waals surface area contributed by atoms with Gasteiger partial charge in [-0.25, -0.2) is 0 Å². The second-order valence-corrected chi connectivity index (χ2v) is 5.12. The molecule has 0 rings (SSSR count). The minimum Gasteiger partial charge on any atom is -0.396 e. The molecular weight excluding hydrogens is 310 g/mol. The van der Waals surface area contributed by atoms with Crippen molar-refractivity contribution in [3.8, 4) is 0 Å². The molecular formula is C17H37N3O4. The van der Waals surface area contributed by atoms with Crippen LogP contribution in [0.3, 0.4) is 0 Å². The highest BCUT2D eigenvalue weighted by Gasteiger charge is 2.08. The SMILES string of the molecule is C=CC.CC(CNC(=O)CCCO)NC(=O)CCCO.CCCN. The molecule has 0 aromatic rings. The molecule has 144 valence electrons. The highest BCUT2D eigenvalue weighted by molar-refractivity contribution is 5.77. The fraction of sp³-hybridized carbons (Fsp3) is 0.765. The smallest absolute Gasteiger partial charge is 0.220 e. The summed E-state index contributed by atoms with van der Waals surface area (Å²) in [6, 6.07) is -0.140. The van der Waals surface area contributed by atoms with Gasteiger partial charge < -0.3 is 26.6 Å². The molecule has 1 atom stereocenters. The maximum absolute atomic E-state index is 11.3. The first kappa shape index (κ1) is 27.4. The van der Waals surface area contributed by atoms with Crippen molar-refractivity contribution < 1.29 is 19.8 Å². The van der Waals surface area contributed by atoms with Crippen LogP contribution in [0.1, 0.15) is 52.9 Å². The monoisotopic (exact) mass is 347 g/mol. The van der Waals surface area contributed by atoms with Gasteiger partial charge in [0.1, 0.15) is 0 Å². The molecule has 2 amide bonds. The van der Waals surface area contributed by atoms with E-state index in [0.29, 0.717) is 32.2 Å². The third kappa shape index (κ3) is 28.7. The summed E-state index contributed by atoms with van der Waals surface area (Å²) in [6.45, 7) is 10.3. The molecule has 0 radical (unpaired) electrons. The van der Waals surface area contributed by atoms with E-state index in [1.54, 1.807) is 13.0 Å². The lowest BCUT2D eigenvalue weighted by Gasteiger charge is -2.14. The molecule has 0 fully saturated rings. The Labute approximate surface area is 146 Å². The third-order valence-electron chi connectivity index (χ3n) is 2.43. The number of aliphatic hydroxyl groups excluding tert-OH is 2. The standard InChI is InChI=1S/C11H22N2O4.C3H9N.C3H6/c1-9(13-11(17)5-3-7-15)8-12-10(16)4-2-6-14;1-2-3-4;1-3-2/h9,14-15H,2-8H2,1H3,(H,12,16)(H,13,17);2-4H2,1H3;3H,1H2,2H3. The predicted octanol–water partition coefficient (Wildman–Crippen LogP) is 0.700. The van der Waals surface area contributed by atoms with Gasteiger partial charge in [-0.3, -0.25) is 9.59 Å². The molecule has 6 N–H and O–H groups in total. The summed E-state index contributed by atoms with van der Waals surface area (Å²) < 4.78 is 0. The van der Waals surface area contributed by atoms with E-state index in [0.717, 1.165) is 13.0 Å². The lowest BCUT2D eigenvalue weighted by molar-refractivity contribution is -0.123. The molecule has 0 spiro atoms. The molecule has 24 heavy (non-hydrogen) atoms. The molecule has 0 aliphatic rings. The van der Waals surface area contributed by atoms with Crippen LogP contribution in [0.5, 0.6) is 0 Å². The lowest BCUT2D eigenvalue weighted by atomic mass is 10.2. The average molecular weight is 348 g/mol. The Kier molecular flexibility index (Phi) is 27.2. The number of allylic oxidation sites excluding steroid dienone is 1. The summed E-state index contributed by atoms with van der Waals surface area (Å²) in [5.41, 5.74) is 5.03. The number of carbonyl (C=O) groups excluding carboxylic acids is 2. The number of aliphatic hydroxyl groups is 2. The molecule has 7 heteroatoms. The van der Waals surface area contributed by atoms with Gasteiger partial charge in [-0.1, -0.05) is 13.0 Å². The van der Waals surface area contributed by atoms with Gasteiger partial charge in [0.15, 0.2) is 0 Å².